The molecule has 0 amide bonds. The first-order valence-electron chi connectivity index (χ1n) is 36.4. The van der Waals surface area contributed by atoms with Gasteiger partial charge in [-0.15, -0.1) is 0 Å². The van der Waals surface area contributed by atoms with Gasteiger partial charge in [0.1, 0.15) is 19.3 Å². The quantitative estimate of drug-likeness (QED) is 0.0222. The molecule has 19 heteroatoms. The van der Waals surface area contributed by atoms with Gasteiger partial charge in [-0.05, 0) is 43.4 Å². The van der Waals surface area contributed by atoms with E-state index in [-0.39, 0.29) is 25.7 Å². The van der Waals surface area contributed by atoms with Crippen molar-refractivity contribution < 1.29 is 80.2 Å². The maximum Gasteiger partial charge on any atom is 0.472 e. The molecule has 0 spiro atoms. The van der Waals surface area contributed by atoms with Gasteiger partial charge in [0.05, 0.1) is 26.4 Å². The third-order valence-electron chi connectivity index (χ3n) is 16.9. The first-order valence-corrected chi connectivity index (χ1v) is 39.4. The van der Waals surface area contributed by atoms with Crippen LogP contribution in [-0.4, -0.2) is 96.7 Å². The highest BCUT2D eigenvalue weighted by Crippen LogP contribution is 2.45. The molecule has 3 N–H and O–H groups in total. The maximum atomic E-state index is 13.0. The third kappa shape index (κ3) is 62.0. The summed E-state index contributed by atoms with van der Waals surface area (Å²) in [6.45, 7) is 11.8. The monoisotopic (exact) mass is 1310 g/mol. The van der Waals surface area contributed by atoms with Crippen LogP contribution in [0, 0.1) is 17.8 Å². The van der Waals surface area contributed by atoms with E-state index in [0.717, 1.165) is 114 Å². The van der Waals surface area contributed by atoms with Crippen molar-refractivity contribution in [2.75, 3.05) is 39.6 Å². The molecule has 0 aliphatic heterocycles. The Morgan fingerprint density at radius 2 is 0.573 bits per heavy atom. The van der Waals surface area contributed by atoms with Crippen molar-refractivity contribution in [3.05, 3.63) is 0 Å². The van der Waals surface area contributed by atoms with Gasteiger partial charge in [0, 0.05) is 25.7 Å². The fourth-order valence-corrected chi connectivity index (χ4v) is 12.1. The minimum Gasteiger partial charge on any atom is -0.462 e. The second-order valence-corrected chi connectivity index (χ2v) is 29.1. The van der Waals surface area contributed by atoms with E-state index in [2.05, 4.69) is 48.5 Å². The van der Waals surface area contributed by atoms with Crippen LogP contribution in [-0.2, 0) is 65.4 Å². The molecule has 0 radical (unpaired) electrons. The number of aliphatic hydroxyl groups is 1. The molecule has 528 valence electrons. The van der Waals surface area contributed by atoms with Crippen molar-refractivity contribution in [1.82, 2.24) is 0 Å². The second-order valence-electron chi connectivity index (χ2n) is 26.2. The van der Waals surface area contributed by atoms with Gasteiger partial charge in [-0.1, -0.05) is 299 Å². The number of esters is 4. The van der Waals surface area contributed by atoms with Crippen LogP contribution in [0.4, 0.5) is 0 Å². The number of phosphoric ester groups is 2. The molecule has 0 saturated heterocycles. The average Bonchev–Trinajstić information content (AvgIpc) is 3.59. The van der Waals surface area contributed by atoms with Crippen LogP contribution in [0.1, 0.15) is 350 Å². The van der Waals surface area contributed by atoms with Crippen LogP contribution in [0.2, 0.25) is 0 Å². The number of unbranched alkanes of at least 4 members (excludes halogenated alkanes) is 34. The second kappa shape index (κ2) is 61.0. The molecule has 4 unspecified atom stereocenters. The SMILES string of the molecule is CCCCCCCCCCCCCC(=O)OC[C@H](COP(=O)(O)OC[C@@H](O)COP(=O)(O)OC[C@@H](COC(=O)CCCCCCCCC(C)CC)OC(=O)CCCCCCCCC(C)CC)OC(=O)CCCCCCCCCCCCCCCCCC(C)C. The van der Waals surface area contributed by atoms with Crippen molar-refractivity contribution in [3.8, 4) is 0 Å². The summed E-state index contributed by atoms with van der Waals surface area (Å²) in [4.78, 5) is 72.5. The Morgan fingerprint density at radius 3 is 0.854 bits per heavy atom. The minimum atomic E-state index is -4.95. The van der Waals surface area contributed by atoms with E-state index >= 15 is 0 Å². The molecule has 0 aromatic heterocycles. The van der Waals surface area contributed by atoms with Crippen LogP contribution in [0.5, 0.6) is 0 Å². The van der Waals surface area contributed by atoms with Gasteiger partial charge in [-0.25, -0.2) is 9.13 Å². The summed E-state index contributed by atoms with van der Waals surface area (Å²) in [7, 11) is -9.90. The van der Waals surface area contributed by atoms with Crippen LogP contribution in [0.3, 0.4) is 0 Å². The van der Waals surface area contributed by atoms with Crippen molar-refractivity contribution in [2.45, 2.75) is 369 Å². The van der Waals surface area contributed by atoms with Crippen LogP contribution in [0.15, 0.2) is 0 Å². The minimum absolute atomic E-state index is 0.102. The Hall–Kier alpha value is -1.94. The fourth-order valence-electron chi connectivity index (χ4n) is 10.5. The summed E-state index contributed by atoms with van der Waals surface area (Å²) < 4.78 is 68.2. The van der Waals surface area contributed by atoms with E-state index in [1.54, 1.807) is 0 Å². The molecular formula is C70H136O17P2. The van der Waals surface area contributed by atoms with E-state index in [0.29, 0.717) is 25.7 Å². The fraction of sp³-hybridized carbons (Fsp3) is 0.943. The van der Waals surface area contributed by atoms with Crippen LogP contribution >= 0.6 is 15.6 Å². The summed E-state index contributed by atoms with van der Waals surface area (Å²) in [5, 5.41) is 10.6. The normalized spacial score (nSPS) is 14.8. The molecule has 0 bridgehead atoms. The van der Waals surface area contributed by atoms with Gasteiger partial charge in [-0.3, -0.25) is 37.3 Å². The lowest BCUT2D eigenvalue weighted by Gasteiger charge is -2.21. The zero-order chi connectivity index (χ0) is 65.9. The lowest BCUT2D eigenvalue weighted by Crippen LogP contribution is -2.30. The number of rotatable bonds is 68. The first kappa shape index (κ1) is 87.1. The highest BCUT2D eigenvalue weighted by molar-refractivity contribution is 7.47. The maximum absolute atomic E-state index is 13.0. The van der Waals surface area contributed by atoms with Crippen molar-refractivity contribution in [3.63, 3.8) is 0 Å². The number of hydrogen-bond acceptors (Lipinski definition) is 15. The highest BCUT2D eigenvalue weighted by atomic mass is 31.2. The van der Waals surface area contributed by atoms with E-state index in [9.17, 15) is 43.2 Å². The third-order valence-corrected chi connectivity index (χ3v) is 18.8. The van der Waals surface area contributed by atoms with Gasteiger partial charge in [0.25, 0.3) is 0 Å². The van der Waals surface area contributed by atoms with Gasteiger partial charge in [-0.2, -0.15) is 0 Å². The van der Waals surface area contributed by atoms with Gasteiger partial charge in [0.15, 0.2) is 12.2 Å². The zero-order valence-electron chi connectivity index (χ0n) is 57.9. The molecule has 7 atom stereocenters. The summed E-state index contributed by atoms with van der Waals surface area (Å²) in [6, 6.07) is 0. The number of carbonyl (C=O) groups excluding carboxylic acids is 4. The molecule has 0 aromatic carbocycles. The number of carbonyl (C=O) groups is 4. The Bertz CT molecular complexity index is 1750. The largest absolute Gasteiger partial charge is 0.472 e. The van der Waals surface area contributed by atoms with E-state index in [4.69, 9.17) is 37.0 Å². The zero-order valence-corrected chi connectivity index (χ0v) is 59.7. The number of phosphoric acid groups is 2. The smallest absolute Gasteiger partial charge is 0.462 e. The number of hydrogen-bond donors (Lipinski definition) is 3. The Labute approximate surface area is 543 Å². The molecular weight excluding hydrogens is 1170 g/mol. The lowest BCUT2D eigenvalue weighted by atomic mass is 10.00. The topological polar surface area (TPSA) is 237 Å². The van der Waals surface area contributed by atoms with Crippen LogP contribution < -0.4 is 0 Å². The molecule has 0 aliphatic rings. The summed E-state index contributed by atoms with van der Waals surface area (Å²) in [5.41, 5.74) is 0. The predicted molar refractivity (Wildman–Crippen MR) is 358 cm³/mol. The first-order chi connectivity index (χ1) is 42.8. The molecule has 0 fully saturated rings. The van der Waals surface area contributed by atoms with Crippen molar-refractivity contribution >= 4 is 39.5 Å². The molecule has 0 saturated carbocycles. The molecule has 89 heavy (non-hydrogen) atoms. The summed E-state index contributed by atoms with van der Waals surface area (Å²) >= 11 is 0. The summed E-state index contributed by atoms with van der Waals surface area (Å²) in [5.74, 6) is 0.124. The molecule has 17 nitrogen and oxygen atoms in total. The Morgan fingerprint density at radius 1 is 0.326 bits per heavy atom. The molecule has 0 heterocycles. The van der Waals surface area contributed by atoms with Crippen molar-refractivity contribution in [1.29, 1.82) is 0 Å². The van der Waals surface area contributed by atoms with Crippen LogP contribution in [0.25, 0.3) is 0 Å². The van der Waals surface area contributed by atoms with E-state index in [1.807, 2.05) is 0 Å². The average molecular weight is 1310 g/mol. The lowest BCUT2D eigenvalue weighted by molar-refractivity contribution is -0.161. The Kier molecular flexibility index (Phi) is 59.6. The van der Waals surface area contributed by atoms with Gasteiger partial charge >= 0.3 is 39.5 Å². The molecule has 0 rings (SSSR count). The molecule has 0 aliphatic carbocycles. The highest BCUT2D eigenvalue weighted by Gasteiger charge is 2.30. The summed E-state index contributed by atoms with van der Waals surface area (Å²) in [6.07, 6.45) is 44.5. The standard InChI is InChI=1S/C70H136O17P2/c1-8-11-12-13-14-15-21-25-28-37-44-51-67(72)80-57-65(86-69(74)53-46-39-29-26-23-20-18-16-17-19-22-24-27-34-41-48-61(4)5)59-84-88(76,77)82-55-64(71)56-83-89(78,79)85-60-66(87-70(75)54-47-40-33-31-36-43-50-63(7)10-3)58-81-68(73)52-45-38-32-30-35-42-49-62(6)9-2/h61-66,71H,8-60H2,1-7H3,(H,76,77)(H,78,79)/t62?,63?,64-,65-,66-/m1/s1. The van der Waals surface area contributed by atoms with E-state index in [1.165, 1.54) is 154 Å². The number of ether oxygens (including phenoxy) is 4. The number of aliphatic hydroxyl groups excluding tert-OH is 1. The van der Waals surface area contributed by atoms with E-state index < -0.39 is 97.5 Å². The Balaban J connectivity index is 5.22. The molecule has 0 aromatic rings. The predicted octanol–water partition coefficient (Wildman–Crippen LogP) is 19.8. The van der Waals surface area contributed by atoms with Crippen molar-refractivity contribution in [2.24, 2.45) is 17.8 Å². The van der Waals surface area contributed by atoms with Gasteiger partial charge < -0.3 is 33.8 Å². The van der Waals surface area contributed by atoms with Gasteiger partial charge in [0.2, 0.25) is 0 Å².